The summed E-state index contributed by atoms with van der Waals surface area (Å²) < 4.78 is 0. The first-order valence-corrected chi connectivity index (χ1v) is 9.87. The molecule has 0 N–H and O–H groups in total. The molecule has 0 aromatic carbocycles. The lowest BCUT2D eigenvalue weighted by Gasteiger charge is -2.20. The molecule has 0 saturated carbocycles. The first-order valence-electron chi connectivity index (χ1n) is 9.87. The number of rotatable bonds is 15. The van der Waals surface area contributed by atoms with E-state index < -0.39 is 0 Å². The van der Waals surface area contributed by atoms with Crippen LogP contribution in [0.15, 0.2) is 12.2 Å². The van der Waals surface area contributed by atoms with Crippen molar-refractivity contribution in [1.29, 1.82) is 0 Å². The Balaban J connectivity index is 3.58. The van der Waals surface area contributed by atoms with E-state index in [1.165, 1.54) is 83.5 Å². The van der Waals surface area contributed by atoms with Gasteiger partial charge >= 0.3 is 0 Å². The quantitative estimate of drug-likeness (QED) is 0.212. The largest absolute Gasteiger partial charge is 0.0885 e. The Kier molecular flexibility index (Phi) is 15.9. The fourth-order valence-electron chi connectivity index (χ4n) is 3.07. The van der Waals surface area contributed by atoms with E-state index in [4.69, 9.17) is 0 Å². The van der Waals surface area contributed by atoms with Crippen molar-refractivity contribution in [2.24, 2.45) is 11.8 Å². The van der Waals surface area contributed by atoms with E-state index in [0.717, 1.165) is 11.8 Å². The van der Waals surface area contributed by atoms with Crippen LogP contribution in [0.5, 0.6) is 0 Å². The van der Waals surface area contributed by atoms with Crippen LogP contribution in [0.2, 0.25) is 0 Å². The molecule has 0 radical (unpaired) electrons. The Hall–Kier alpha value is -0.260. The third-order valence-electron chi connectivity index (χ3n) is 4.69. The second-order valence-electron chi connectivity index (χ2n) is 7.11. The van der Waals surface area contributed by atoms with Gasteiger partial charge in [-0.3, -0.25) is 0 Å². The lowest BCUT2D eigenvalue weighted by atomic mass is 9.86. The van der Waals surface area contributed by atoms with Crippen LogP contribution in [0, 0.1) is 11.8 Å². The number of allylic oxidation sites excluding steroid dienone is 2. The smallest absolute Gasteiger partial charge is 0.0351 e. The SMILES string of the molecule is CCCC=CCCCC(CCCCCCCCC)C(C)C. The van der Waals surface area contributed by atoms with Crippen molar-refractivity contribution in [2.75, 3.05) is 0 Å². The Morgan fingerprint density at radius 3 is 1.81 bits per heavy atom. The van der Waals surface area contributed by atoms with Crippen molar-refractivity contribution >= 4 is 0 Å². The molecule has 0 saturated heterocycles. The van der Waals surface area contributed by atoms with Gasteiger partial charge in [0.1, 0.15) is 0 Å². The van der Waals surface area contributed by atoms with Crippen molar-refractivity contribution in [2.45, 2.75) is 111 Å². The Labute approximate surface area is 135 Å². The molecular formula is C21H42. The van der Waals surface area contributed by atoms with Gasteiger partial charge in [-0.2, -0.15) is 0 Å². The Morgan fingerprint density at radius 1 is 0.619 bits per heavy atom. The fourth-order valence-corrected chi connectivity index (χ4v) is 3.07. The molecule has 0 heteroatoms. The van der Waals surface area contributed by atoms with Gasteiger partial charge in [0.05, 0.1) is 0 Å². The summed E-state index contributed by atoms with van der Waals surface area (Å²) in [5.74, 6) is 1.82. The molecule has 0 aliphatic carbocycles. The molecule has 0 aromatic rings. The highest BCUT2D eigenvalue weighted by atomic mass is 14.2. The van der Waals surface area contributed by atoms with Gasteiger partial charge in [-0.15, -0.1) is 0 Å². The minimum Gasteiger partial charge on any atom is -0.0885 e. The first-order chi connectivity index (χ1) is 10.2. The Morgan fingerprint density at radius 2 is 1.19 bits per heavy atom. The predicted molar refractivity (Wildman–Crippen MR) is 98.8 cm³/mol. The van der Waals surface area contributed by atoms with E-state index in [1.54, 1.807) is 0 Å². The van der Waals surface area contributed by atoms with Gasteiger partial charge in [0.2, 0.25) is 0 Å². The van der Waals surface area contributed by atoms with E-state index in [9.17, 15) is 0 Å². The molecule has 0 bridgehead atoms. The van der Waals surface area contributed by atoms with Gasteiger partial charge in [-0.05, 0) is 37.5 Å². The molecule has 0 heterocycles. The first kappa shape index (κ1) is 20.7. The predicted octanol–water partition coefficient (Wildman–Crippen LogP) is 7.93. The second kappa shape index (κ2) is 16.1. The van der Waals surface area contributed by atoms with E-state index in [-0.39, 0.29) is 0 Å². The summed E-state index contributed by atoms with van der Waals surface area (Å²) in [6.45, 7) is 9.38. The summed E-state index contributed by atoms with van der Waals surface area (Å²) in [5.41, 5.74) is 0. The number of hydrogen-bond donors (Lipinski definition) is 0. The lowest BCUT2D eigenvalue weighted by molar-refractivity contribution is 0.318. The van der Waals surface area contributed by atoms with E-state index in [1.807, 2.05) is 0 Å². The maximum Gasteiger partial charge on any atom is -0.0351 e. The van der Waals surface area contributed by atoms with E-state index in [2.05, 4.69) is 39.8 Å². The molecule has 1 atom stereocenters. The summed E-state index contributed by atoms with van der Waals surface area (Å²) >= 11 is 0. The highest BCUT2D eigenvalue weighted by Gasteiger charge is 2.12. The molecule has 0 amide bonds. The average molecular weight is 295 g/mol. The zero-order valence-corrected chi connectivity index (χ0v) is 15.5. The summed E-state index contributed by atoms with van der Waals surface area (Å²) in [5, 5.41) is 0. The van der Waals surface area contributed by atoms with Crippen molar-refractivity contribution in [1.82, 2.24) is 0 Å². The molecule has 0 rings (SSSR count). The van der Waals surface area contributed by atoms with Crippen molar-refractivity contribution in [3.8, 4) is 0 Å². The lowest BCUT2D eigenvalue weighted by Crippen LogP contribution is -2.08. The van der Waals surface area contributed by atoms with Crippen LogP contribution < -0.4 is 0 Å². The van der Waals surface area contributed by atoms with Crippen molar-refractivity contribution in [3.05, 3.63) is 12.2 Å². The van der Waals surface area contributed by atoms with Gasteiger partial charge in [0.25, 0.3) is 0 Å². The third-order valence-corrected chi connectivity index (χ3v) is 4.69. The van der Waals surface area contributed by atoms with Gasteiger partial charge in [-0.1, -0.05) is 97.6 Å². The minimum absolute atomic E-state index is 0.865. The fraction of sp³-hybridized carbons (Fsp3) is 0.905. The normalized spacial score (nSPS) is 13.4. The minimum atomic E-state index is 0.865. The number of unbranched alkanes of at least 4 members (excludes halogenated alkanes) is 8. The molecule has 0 aromatic heterocycles. The van der Waals surface area contributed by atoms with Crippen LogP contribution in [-0.2, 0) is 0 Å². The highest BCUT2D eigenvalue weighted by molar-refractivity contribution is 4.81. The molecule has 0 spiro atoms. The third kappa shape index (κ3) is 14.4. The number of hydrogen-bond acceptors (Lipinski definition) is 0. The van der Waals surface area contributed by atoms with Crippen molar-refractivity contribution < 1.29 is 0 Å². The summed E-state index contributed by atoms with van der Waals surface area (Å²) in [6.07, 6.45) is 23.0. The zero-order chi connectivity index (χ0) is 15.8. The average Bonchev–Trinajstić information content (AvgIpc) is 2.47. The Bertz CT molecular complexity index is 214. The molecule has 126 valence electrons. The van der Waals surface area contributed by atoms with E-state index in [0.29, 0.717) is 0 Å². The zero-order valence-electron chi connectivity index (χ0n) is 15.5. The van der Waals surface area contributed by atoms with Gasteiger partial charge in [0, 0.05) is 0 Å². The molecule has 0 aliphatic rings. The van der Waals surface area contributed by atoms with Crippen LogP contribution in [0.25, 0.3) is 0 Å². The topological polar surface area (TPSA) is 0 Å². The van der Waals surface area contributed by atoms with Crippen LogP contribution in [0.4, 0.5) is 0 Å². The van der Waals surface area contributed by atoms with Gasteiger partial charge in [-0.25, -0.2) is 0 Å². The van der Waals surface area contributed by atoms with Crippen LogP contribution in [0.1, 0.15) is 111 Å². The van der Waals surface area contributed by atoms with Crippen molar-refractivity contribution in [3.63, 3.8) is 0 Å². The maximum absolute atomic E-state index is 2.42. The summed E-state index contributed by atoms with van der Waals surface area (Å²) in [6, 6.07) is 0. The van der Waals surface area contributed by atoms with Gasteiger partial charge < -0.3 is 0 Å². The van der Waals surface area contributed by atoms with E-state index >= 15 is 0 Å². The highest BCUT2D eigenvalue weighted by Crippen LogP contribution is 2.25. The molecule has 0 nitrogen and oxygen atoms in total. The molecule has 1 unspecified atom stereocenters. The summed E-state index contributed by atoms with van der Waals surface area (Å²) in [4.78, 5) is 0. The molecular weight excluding hydrogens is 252 g/mol. The molecule has 0 aliphatic heterocycles. The van der Waals surface area contributed by atoms with Crippen LogP contribution in [0.3, 0.4) is 0 Å². The maximum atomic E-state index is 2.42. The molecule has 0 fully saturated rings. The monoisotopic (exact) mass is 294 g/mol. The van der Waals surface area contributed by atoms with Crippen LogP contribution >= 0.6 is 0 Å². The standard InChI is InChI=1S/C21H42/c1-5-7-9-11-13-15-17-19-21(20(3)4)18-16-14-12-10-8-6-2/h10,12,20-21H,5-9,11,13-19H2,1-4H3. The molecule has 21 heavy (non-hydrogen) atoms. The van der Waals surface area contributed by atoms with Gasteiger partial charge in [0.15, 0.2) is 0 Å². The van der Waals surface area contributed by atoms with Crippen LogP contribution in [-0.4, -0.2) is 0 Å². The summed E-state index contributed by atoms with van der Waals surface area (Å²) in [7, 11) is 0. The second-order valence-corrected chi connectivity index (χ2v) is 7.11.